The Morgan fingerprint density at radius 1 is 1.21 bits per heavy atom. The molecule has 1 aromatic carbocycles. The number of nitrogens with zero attached hydrogens (tertiary/aromatic N) is 3. The summed E-state index contributed by atoms with van der Waals surface area (Å²) in [5.41, 5.74) is 1.76. The Balaban J connectivity index is 1.68. The molecule has 1 saturated heterocycles. The van der Waals surface area contributed by atoms with Crippen LogP contribution in [0.15, 0.2) is 47.4 Å². The second kappa shape index (κ2) is 8.55. The van der Waals surface area contributed by atoms with Crippen molar-refractivity contribution in [2.75, 3.05) is 26.0 Å². The standard InChI is InChI=1S/C24H31N5O4/c1-15-16(2)25-20-14-19(27(4)29(20)21(15)30)24(3)12-8-9-13-28(24)22(31)17-10-6-7-11-18(17)26-23(32)33-5/h6-7,10-11,14,19,25H,8-9,12-13H2,1-5H3,(H,26,32). The summed E-state index contributed by atoms with van der Waals surface area (Å²) in [5, 5.41) is 9.55. The molecule has 0 bridgehead atoms. The highest BCUT2D eigenvalue weighted by Gasteiger charge is 2.51. The van der Waals surface area contributed by atoms with Crippen molar-refractivity contribution < 1.29 is 19.1 Å². The molecule has 9 nitrogen and oxygen atoms in total. The van der Waals surface area contributed by atoms with E-state index in [1.165, 1.54) is 7.11 Å². The number of piperidine rings is 1. The average Bonchev–Trinajstić information content (AvgIpc) is 3.14. The SMILES string of the molecule is COC(=O)Nc1ccccc1C(=O)N1CCCCC1(C)C1C=C2NC(C)=C(C)C(=O)N2N1C. The van der Waals surface area contributed by atoms with E-state index in [9.17, 15) is 14.4 Å². The Morgan fingerprint density at radius 3 is 2.67 bits per heavy atom. The summed E-state index contributed by atoms with van der Waals surface area (Å²) in [5.74, 6) is 0.501. The monoisotopic (exact) mass is 453 g/mol. The number of rotatable bonds is 3. The molecule has 1 aromatic rings. The molecule has 176 valence electrons. The number of nitrogens with one attached hydrogen (secondary N) is 2. The lowest BCUT2D eigenvalue weighted by Crippen LogP contribution is -2.63. The van der Waals surface area contributed by atoms with Gasteiger partial charge in [-0.2, -0.15) is 0 Å². The summed E-state index contributed by atoms with van der Waals surface area (Å²) >= 11 is 0. The quantitative estimate of drug-likeness (QED) is 0.731. The number of carbonyl (C=O) groups excluding carboxylic acids is 3. The summed E-state index contributed by atoms with van der Waals surface area (Å²) in [4.78, 5) is 40.5. The zero-order valence-corrected chi connectivity index (χ0v) is 19.8. The normalized spacial score (nSPS) is 25.4. The molecule has 2 N–H and O–H groups in total. The fraction of sp³-hybridized carbons (Fsp3) is 0.458. The number of carbonyl (C=O) groups is 3. The van der Waals surface area contributed by atoms with Crippen LogP contribution in [0.5, 0.6) is 0 Å². The third-order valence-corrected chi connectivity index (χ3v) is 7.05. The minimum Gasteiger partial charge on any atom is -0.453 e. The zero-order valence-electron chi connectivity index (χ0n) is 19.8. The number of amides is 3. The topological polar surface area (TPSA) is 94.2 Å². The smallest absolute Gasteiger partial charge is 0.411 e. The van der Waals surface area contributed by atoms with Crippen molar-refractivity contribution in [2.45, 2.75) is 51.6 Å². The van der Waals surface area contributed by atoms with Crippen molar-refractivity contribution in [2.24, 2.45) is 0 Å². The van der Waals surface area contributed by atoms with Gasteiger partial charge in [-0.25, -0.2) is 14.8 Å². The lowest BCUT2D eigenvalue weighted by molar-refractivity contribution is -0.142. The van der Waals surface area contributed by atoms with Gasteiger partial charge in [-0.3, -0.25) is 14.9 Å². The Kier molecular flexibility index (Phi) is 5.92. The van der Waals surface area contributed by atoms with Crippen LogP contribution in [0.2, 0.25) is 0 Å². The van der Waals surface area contributed by atoms with Crippen molar-refractivity contribution in [1.29, 1.82) is 0 Å². The molecule has 3 amide bonds. The molecule has 3 aliphatic rings. The number of anilines is 1. The van der Waals surface area contributed by atoms with Crippen molar-refractivity contribution in [1.82, 2.24) is 20.2 Å². The number of para-hydroxylation sites is 1. The second-order valence-electron chi connectivity index (χ2n) is 9.00. The van der Waals surface area contributed by atoms with Crippen LogP contribution in [-0.2, 0) is 9.53 Å². The molecule has 3 heterocycles. The van der Waals surface area contributed by atoms with Gasteiger partial charge in [-0.05, 0) is 58.2 Å². The fourth-order valence-corrected chi connectivity index (χ4v) is 5.03. The summed E-state index contributed by atoms with van der Waals surface area (Å²) < 4.78 is 4.71. The Hall–Kier alpha value is -3.33. The molecular weight excluding hydrogens is 422 g/mol. The molecule has 0 aromatic heterocycles. The van der Waals surface area contributed by atoms with E-state index in [0.717, 1.165) is 30.8 Å². The van der Waals surface area contributed by atoms with Crippen LogP contribution in [0, 0.1) is 0 Å². The van der Waals surface area contributed by atoms with Gasteiger partial charge in [0.1, 0.15) is 5.82 Å². The van der Waals surface area contributed by atoms with Gasteiger partial charge < -0.3 is 15.0 Å². The van der Waals surface area contributed by atoms with E-state index in [1.54, 1.807) is 29.3 Å². The Morgan fingerprint density at radius 2 is 1.94 bits per heavy atom. The van der Waals surface area contributed by atoms with Gasteiger partial charge in [0.15, 0.2) is 0 Å². The van der Waals surface area contributed by atoms with Crippen molar-refractivity contribution in [3.63, 3.8) is 0 Å². The van der Waals surface area contributed by atoms with Crippen LogP contribution in [0.25, 0.3) is 0 Å². The molecule has 1 fully saturated rings. The van der Waals surface area contributed by atoms with E-state index in [0.29, 0.717) is 23.4 Å². The summed E-state index contributed by atoms with van der Waals surface area (Å²) in [6.07, 6.45) is 4.07. The molecule has 0 aliphatic carbocycles. The largest absolute Gasteiger partial charge is 0.453 e. The minimum absolute atomic E-state index is 0.0626. The first-order chi connectivity index (χ1) is 15.7. The molecule has 9 heteroatoms. The highest BCUT2D eigenvalue weighted by Crippen LogP contribution is 2.40. The fourth-order valence-electron chi connectivity index (χ4n) is 5.03. The second-order valence-corrected chi connectivity index (χ2v) is 9.00. The predicted octanol–water partition coefficient (Wildman–Crippen LogP) is 3.05. The lowest BCUT2D eigenvalue weighted by Gasteiger charge is -2.50. The minimum atomic E-state index is -0.628. The van der Waals surface area contributed by atoms with Crippen LogP contribution in [-0.4, -0.2) is 65.1 Å². The molecule has 4 rings (SSSR count). The van der Waals surface area contributed by atoms with E-state index in [2.05, 4.69) is 17.6 Å². The van der Waals surface area contributed by atoms with Crippen molar-refractivity contribution in [3.05, 3.63) is 53.0 Å². The number of likely N-dealkylation sites (N-methyl/N-ethyl adjacent to an activating group) is 1. The third-order valence-electron chi connectivity index (χ3n) is 7.05. The maximum Gasteiger partial charge on any atom is 0.411 e. The van der Waals surface area contributed by atoms with E-state index >= 15 is 0 Å². The van der Waals surface area contributed by atoms with Crippen LogP contribution in [0.4, 0.5) is 10.5 Å². The van der Waals surface area contributed by atoms with E-state index in [4.69, 9.17) is 4.74 Å². The van der Waals surface area contributed by atoms with Gasteiger partial charge in [-0.15, -0.1) is 0 Å². The van der Waals surface area contributed by atoms with Gasteiger partial charge in [0.05, 0.1) is 29.9 Å². The molecule has 3 aliphatic heterocycles. The van der Waals surface area contributed by atoms with Crippen LogP contribution in [0.1, 0.15) is 50.4 Å². The number of hydrazine groups is 1. The van der Waals surface area contributed by atoms with Gasteiger partial charge >= 0.3 is 6.09 Å². The van der Waals surface area contributed by atoms with E-state index in [-0.39, 0.29) is 17.9 Å². The first kappa shape index (κ1) is 22.8. The maximum atomic E-state index is 13.8. The highest BCUT2D eigenvalue weighted by molar-refractivity contribution is 6.03. The van der Waals surface area contributed by atoms with Gasteiger partial charge in [0, 0.05) is 24.9 Å². The van der Waals surface area contributed by atoms with Crippen LogP contribution in [0.3, 0.4) is 0 Å². The molecule has 0 spiro atoms. The average molecular weight is 454 g/mol. The Bertz CT molecular complexity index is 1060. The molecular formula is C24H31N5O4. The highest BCUT2D eigenvalue weighted by atomic mass is 16.5. The first-order valence-electron chi connectivity index (χ1n) is 11.2. The van der Waals surface area contributed by atoms with E-state index < -0.39 is 11.6 Å². The molecule has 0 radical (unpaired) electrons. The van der Waals surface area contributed by atoms with Crippen molar-refractivity contribution in [3.8, 4) is 0 Å². The summed E-state index contributed by atoms with van der Waals surface area (Å²) in [6.45, 7) is 6.37. The number of benzene rings is 1. The Labute approximate surface area is 194 Å². The number of ether oxygens (including phenoxy) is 1. The zero-order chi connectivity index (χ0) is 23.9. The van der Waals surface area contributed by atoms with Gasteiger partial charge in [0.25, 0.3) is 11.8 Å². The number of hydrogen-bond acceptors (Lipinski definition) is 6. The number of methoxy groups -OCH3 is 1. The van der Waals surface area contributed by atoms with Gasteiger partial charge in [-0.1, -0.05) is 12.1 Å². The van der Waals surface area contributed by atoms with E-state index in [1.807, 2.05) is 36.9 Å². The lowest BCUT2D eigenvalue weighted by atomic mass is 9.81. The molecule has 2 unspecified atom stereocenters. The summed E-state index contributed by atoms with van der Waals surface area (Å²) in [7, 11) is 3.17. The summed E-state index contributed by atoms with van der Waals surface area (Å²) in [6, 6.07) is 6.74. The number of allylic oxidation sites excluding steroid dienone is 1. The number of hydrogen-bond donors (Lipinski definition) is 2. The third kappa shape index (κ3) is 3.76. The first-order valence-corrected chi connectivity index (χ1v) is 11.2. The molecule has 33 heavy (non-hydrogen) atoms. The molecule has 2 atom stereocenters. The predicted molar refractivity (Wildman–Crippen MR) is 124 cm³/mol. The van der Waals surface area contributed by atoms with Crippen LogP contribution >= 0.6 is 0 Å². The number of fused-ring (bicyclic) bond motifs is 1. The van der Waals surface area contributed by atoms with Crippen LogP contribution < -0.4 is 10.6 Å². The van der Waals surface area contributed by atoms with Gasteiger partial charge in [0.2, 0.25) is 0 Å². The molecule has 0 saturated carbocycles. The number of likely N-dealkylation sites (tertiary alicyclic amines) is 1. The van der Waals surface area contributed by atoms with Crippen molar-refractivity contribution >= 4 is 23.6 Å². The maximum absolute atomic E-state index is 13.8.